The molecule has 3 rings (SSSR count). The number of hydrogen-bond acceptors (Lipinski definition) is 4. The molecule has 20 heavy (non-hydrogen) atoms. The van der Waals surface area contributed by atoms with Gasteiger partial charge in [-0.05, 0) is 26.2 Å². The summed E-state index contributed by atoms with van der Waals surface area (Å²) in [5, 5.41) is 11.2. The highest BCUT2D eigenvalue weighted by molar-refractivity contribution is 5.29. The standard InChI is InChI=1S/C14H22N6/c1-12-11-20(13-5-2-3-6-13)14(17-12)15-7-4-9-19-10-8-16-18-19/h8,10-11,13H,2-7,9H2,1H3,(H,15,17). The van der Waals surface area contributed by atoms with Crippen LogP contribution in [0, 0.1) is 6.92 Å². The minimum Gasteiger partial charge on any atom is -0.356 e. The fourth-order valence-electron chi connectivity index (χ4n) is 2.90. The molecular weight excluding hydrogens is 252 g/mol. The summed E-state index contributed by atoms with van der Waals surface area (Å²) >= 11 is 0. The van der Waals surface area contributed by atoms with Gasteiger partial charge in [-0.2, -0.15) is 0 Å². The lowest BCUT2D eigenvalue weighted by atomic mass is 10.2. The minimum atomic E-state index is 0.633. The largest absolute Gasteiger partial charge is 0.356 e. The van der Waals surface area contributed by atoms with E-state index in [1.807, 2.05) is 10.9 Å². The van der Waals surface area contributed by atoms with Crippen molar-refractivity contribution in [2.45, 2.75) is 51.6 Å². The van der Waals surface area contributed by atoms with Crippen LogP contribution in [0.25, 0.3) is 0 Å². The molecule has 1 fully saturated rings. The molecule has 1 aliphatic rings. The maximum atomic E-state index is 4.61. The topological polar surface area (TPSA) is 60.6 Å². The molecule has 0 atom stereocenters. The second kappa shape index (κ2) is 6.07. The number of aryl methyl sites for hydroxylation is 2. The number of anilines is 1. The Balaban J connectivity index is 1.54. The van der Waals surface area contributed by atoms with E-state index in [1.165, 1.54) is 25.7 Å². The molecule has 6 nitrogen and oxygen atoms in total. The number of hydrogen-bond donors (Lipinski definition) is 1. The molecule has 2 aromatic rings. The molecule has 0 bridgehead atoms. The quantitative estimate of drug-likeness (QED) is 0.822. The fourth-order valence-corrected chi connectivity index (χ4v) is 2.90. The van der Waals surface area contributed by atoms with Crippen molar-refractivity contribution in [3.8, 4) is 0 Å². The SMILES string of the molecule is Cc1cn(C2CCCC2)c(NCCCn2ccnn2)n1. The number of aromatic nitrogens is 5. The predicted molar refractivity (Wildman–Crippen MR) is 77.6 cm³/mol. The fraction of sp³-hybridized carbons (Fsp3) is 0.643. The summed E-state index contributed by atoms with van der Waals surface area (Å²) in [5.74, 6) is 1.02. The zero-order valence-electron chi connectivity index (χ0n) is 12.0. The van der Waals surface area contributed by atoms with Crippen molar-refractivity contribution >= 4 is 5.95 Å². The van der Waals surface area contributed by atoms with E-state index in [-0.39, 0.29) is 0 Å². The monoisotopic (exact) mass is 274 g/mol. The maximum Gasteiger partial charge on any atom is 0.203 e. The second-order valence-electron chi connectivity index (χ2n) is 5.50. The van der Waals surface area contributed by atoms with Crippen LogP contribution in [-0.4, -0.2) is 31.1 Å². The van der Waals surface area contributed by atoms with E-state index in [0.29, 0.717) is 6.04 Å². The van der Waals surface area contributed by atoms with Gasteiger partial charge in [0.05, 0.1) is 11.9 Å². The summed E-state index contributed by atoms with van der Waals surface area (Å²) in [6.45, 7) is 3.85. The van der Waals surface area contributed by atoms with Crippen molar-refractivity contribution in [1.29, 1.82) is 0 Å². The summed E-state index contributed by atoms with van der Waals surface area (Å²) in [4.78, 5) is 4.61. The third-order valence-corrected chi connectivity index (χ3v) is 3.89. The summed E-state index contributed by atoms with van der Waals surface area (Å²) < 4.78 is 4.19. The Hall–Kier alpha value is -1.85. The van der Waals surface area contributed by atoms with Crippen molar-refractivity contribution in [3.63, 3.8) is 0 Å². The molecule has 1 N–H and O–H groups in total. The molecule has 6 heteroatoms. The van der Waals surface area contributed by atoms with Crippen molar-refractivity contribution < 1.29 is 0 Å². The highest BCUT2D eigenvalue weighted by Gasteiger charge is 2.19. The molecular formula is C14H22N6. The summed E-state index contributed by atoms with van der Waals surface area (Å²) in [7, 11) is 0. The van der Waals surface area contributed by atoms with Crippen LogP contribution in [-0.2, 0) is 6.54 Å². The van der Waals surface area contributed by atoms with Gasteiger partial charge in [-0.25, -0.2) is 4.98 Å². The minimum absolute atomic E-state index is 0.633. The summed E-state index contributed by atoms with van der Waals surface area (Å²) in [5.41, 5.74) is 1.09. The average molecular weight is 274 g/mol. The Bertz CT molecular complexity index is 524. The lowest BCUT2D eigenvalue weighted by Gasteiger charge is -2.15. The first-order valence-electron chi connectivity index (χ1n) is 7.46. The van der Waals surface area contributed by atoms with Gasteiger partial charge < -0.3 is 9.88 Å². The molecule has 0 saturated heterocycles. The molecule has 0 aromatic carbocycles. The van der Waals surface area contributed by atoms with Gasteiger partial charge in [0.25, 0.3) is 0 Å². The van der Waals surface area contributed by atoms with E-state index >= 15 is 0 Å². The van der Waals surface area contributed by atoms with Crippen LogP contribution >= 0.6 is 0 Å². The third-order valence-electron chi connectivity index (χ3n) is 3.89. The molecule has 2 heterocycles. The zero-order valence-corrected chi connectivity index (χ0v) is 12.0. The lowest BCUT2D eigenvalue weighted by molar-refractivity contribution is 0.520. The van der Waals surface area contributed by atoms with Crippen LogP contribution in [0.2, 0.25) is 0 Å². The van der Waals surface area contributed by atoms with Crippen molar-refractivity contribution in [3.05, 3.63) is 24.3 Å². The summed E-state index contributed by atoms with van der Waals surface area (Å²) in [6, 6.07) is 0.633. The molecule has 0 spiro atoms. The first-order chi connectivity index (χ1) is 9.83. The van der Waals surface area contributed by atoms with E-state index in [2.05, 4.69) is 38.3 Å². The molecule has 1 saturated carbocycles. The highest BCUT2D eigenvalue weighted by Crippen LogP contribution is 2.31. The smallest absolute Gasteiger partial charge is 0.203 e. The van der Waals surface area contributed by atoms with Crippen LogP contribution in [0.15, 0.2) is 18.6 Å². The Morgan fingerprint density at radius 1 is 1.35 bits per heavy atom. The molecule has 0 amide bonds. The maximum absolute atomic E-state index is 4.61. The molecule has 0 unspecified atom stereocenters. The van der Waals surface area contributed by atoms with Gasteiger partial charge in [-0.3, -0.25) is 4.68 Å². The Morgan fingerprint density at radius 3 is 2.95 bits per heavy atom. The van der Waals surface area contributed by atoms with Gasteiger partial charge >= 0.3 is 0 Å². The van der Waals surface area contributed by atoms with Gasteiger partial charge in [0, 0.05) is 31.5 Å². The normalized spacial score (nSPS) is 15.8. The van der Waals surface area contributed by atoms with E-state index in [1.54, 1.807) is 6.20 Å². The Kier molecular flexibility index (Phi) is 3.99. The van der Waals surface area contributed by atoms with Crippen molar-refractivity contribution in [2.24, 2.45) is 0 Å². The molecule has 1 aliphatic carbocycles. The summed E-state index contributed by atoms with van der Waals surface area (Å²) in [6.07, 6.45) is 12.0. The average Bonchev–Trinajstić information content (AvgIpc) is 3.16. The van der Waals surface area contributed by atoms with E-state index in [4.69, 9.17) is 0 Å². The van der Waals surface area contributed by atoms with Gasteiger partial charge in [0.15, 0.2) is 0 Å². The Morgan fingerprint density at radius 2 is 2.20 bits per heavy atom. The van der Waals surface area contributed by atoms with Crippen LogP contribution in [0.1, 0.15) is 43.8 Å². The first-order valence-corrected chi connectivity index (χ1v) is 7.46. The van der Waals surface area contributed by atoms with E-state index in [0.717, 1.165) is 31.2 Å². The van der Waals surface area contributed by atoms with Crippen molar-refractivity contribution in [2.75, 3.05) is 11.9 Å². The van der Waals surface area contributed by atoms with Crippen LogP contribution in [0.5, 0.6) is 0 Å². The molecule has 108 valence electrons. The number of imidazole rings is 1. The molecule has 0 aliphatic heterocycles. The van der Waals surface area contributed by atoms with Gasteiger partial charge in [0.1, 0.15) is 0 Å². The van der Waals surface area contributed by atoms with Crippen LogP contribution in [0.4, 0.5) is 5.95 Å². The molecule has 2 aromatic heterocycles. The van der Waals surface area contributed by atoms with E-state index < -0.39 is 0 Å². The van der Waals surface area contributed by atoms with Gasteiger partial charge in [-0.15, -0.1) is 5.10 Å². The third kappa shape index (κ3) is 3.00. The number of nitrogens with zero attached hydrogens (tertiary/aromatic N) is 5. The van der Waals surface area contributed by atoms with E-state index in [9.17, 15) is 0 Å². The van der Waals surface area contributed by atoms with Crippen LogP contribution in [0.3, 0.4) is 0 Å². The number of rotatable bonds is 6. The van der Waals surface area contributed by atoms with Crippen molar-refractivity contribution in [1.82, 2.24) is 24.5 Å². The highest BCUT2D eigenvalue weighted by atomic mass is 15.4. The van der Waals surface area contributed by atoms with Gasteiger partial charge in [0.2, 0.25) is 5.95 Å². The Labute approximate surface area is 119 Å². The second-order valence-corrected chi connectivity index (χ2v) is 5.50. The predicted octanol–water partition coefficient (Wildman–Crippen LogP) is 2.40. The zero-order chi connectivity index (χ0) is 13.8. The lowest BCUT2D eigenvalue weighted by Crippen LogP contribution is -2.13. The molecule has 0 radical (unpaired) electrons. The number of nitrogens with one attached hydrogen (secondary N) is 1. The van der Waals surface area contributed by atoms with Crippen LogP contribution < -0.4 is 5.32 Å². The van der Waals surface area contributed by atoms with Gasteiger partial charge in [-0.1, -0.05) is 18.1 Å². The first kappa shape index (κ1) is 13.1.